The van der Waals surface area contributed by atoms with Crippen LogP contribution in [-0.4, -0.2) is 4.98 Å². The van der Waals surface area contributed by atoms with E-state index in [9.17, 15) is 0 Å². The first-order valence-electron chi connectivity index (χ1n) is 6.63. The fourth-order valence-electron chi connectivity index (χ4n) is 2.18. The number of aryl methyl sites for hydroxylation is 2. The van der Waals surface area contributed by atoms with Crippen molar-refractivity contribution in [2.75, 3.05) is 5.73 Å². The molecule has 3 rings (SSSR count). The number of anilines is 1. The Balaban J connectivity index is 2.08. The molecule has 0 atom stereocenters. The molecule has 0 aliphatic heterocycles. The van der Waals surface area contributed by atoms with Crippen LogP contribution in [0, 0.1) is 13.8 Å². The molecule has 3 nitrogen and oxygen atoms in total. The molecule has 21 heavy (non-hydrogen) atoms. The summed E-state index contributed by atoms with van der Waals surface area (Å²) in [6.07, 6.45) is 1.75. The maximum absolute atomic E-state index is 6.01. The Morgan fingerprint density at radius 3 is 2.62 bits per heavy atom. The van der Waals surface area contributed by atoms with Crippen LogP contribution in [-0.2, 0) is 0 Å². The monoisotopic (exact) mass is 342 g/mol. The highest BCUT2D eigenvalue weighted by Gasteiger charge is 2.09. The van der Waals surface area contributed by atoms with E-state index in [1.54, 1.807) is 6.20 Å². The zero-order valence-corrected chi connectivity index (χ0v) is 13.4. The van der Waals surface area contributed by atoms with Crippen LogP contribution in [0.25, 0.3) is 10.9 Å². The molecule has 0 amide bonds. The Hall–Kier alpha value is -2.07. The first kappa shape index (κ1) is 13.9. The summed E-state index contributed by atoms with van der Waals surface area (Å²) in [5.41, 5.74) is 9.90. The maximum atomic E-state index is 6.01. The number of pyridine rings is 1. The molecule has 0 spiro atoms. The second-order valence-electron chi connectivity index (χ2n) is 5.05. The number of nitrogens with two attached hydrogens (primary N) is 1. The van der Waals surface area contributed by atoms with Gasteiger partial charge in [-0.3, -0.25) is 4.98 Å². The molecule has 0 radical (unpaired) electrons. The predicted molar refractivity (Wildman–Crippen MR) is 89.8 cm³/mol. The molecule has 0 saturated carbocycles. The van der Waals surface area contributed by atoms with Crippen LogP contribution in [0.1, 0.15) is 11.1 Å². The Kier molecular flexibility index (Phi) is 3.55. The summed E-state index contributed by atoms with van der Waals surface area (Å²) in [5.74, 6) is 1.50. The summed E-state index contributed by atoms with van der Waals surface area (Å²) in [5, 5.41) is 0.880. The third kappa shape index (κ3) is 2.72. The molecule has 0 saturated heterocycles. The Morgan fingerprint density at radius 1 is 1.05 bits per heavy atom. The number of hydrogen-bond acceptors (Lipinski definition) is 3. The van der Waals surface area contributed by atoms with Crippen molar-refractivity contribution in [3.8, 4) is 11.5 Å². The topological polar surface area (TPSA) is 48.1 Å². The number of ether oxygens (including phenoxy) is 1. The number of nitrogens with zero attached hydrogens (tertiary/aromatic N) is 1. The van der Waals surface area contributed by atoms with Gasteiger partial charge < -0.3 is 10.5 Å². The summed E-state index contributed by atoms with van der Waals surface area (Å²) in [4.78, 5) is 4.43. The fraction of sp³-hybridized carbons (Fsp3) is 0.118. The lowest BCUT2D eigenvalue weighted by atomic mass is 10.1. The second-order valence-corrected chi connectivity index (χ2v) is 5.97. The van der Waals surface area contributed by atoms with Crippen molar-refractivity contribution in [2.24, 2.45) is 0 Å². The average molecular weight is 343 g/mol. The van der Waals surface area contributed by atoms with E-state index in [2.05, 4.69) is 34.8 Å². The standard InChI is InChI=1S/C17H15BrN2O/c1-10-3-4-13(7-11(10)2)21-16-6-5-15(19)14-8-12(18)9-20-17(14)16/h3-9H,19H2,1-2H3. The molecule has 0 aliphatic rings. The average Bonchev–Trinajstić information content (AvgIpc) is 2.46. The van der Waals surface area contributed by atoms with Gasteiger partial charge in [0.25, 0.3) is 0 Å². The molecular weight excluding hydrogens is 328 g/mol. The number of aromatic nitrogens is 1. The van der Waals surface area contributed by atoms with Crippen molar-refractivity contribution in [2.45, 2.75) is 13.8 Å². The van der Waals surface area contributed by atoms with Gasteiger partial charge in [0.05, 0.1) is 0 Å². The number of halogens is 1. The number of fused-ring (bicyclic) bond motifs is 1. The third-order valence-electron chi connectivity index (χ3n) is 3.52. The summed E-state index contributed by atoms with van der Waals surface area (Å²) < 4.78 is 6.88. The van der Waals surface area contributed by atoms with Crippen LogP contribution >= 0.6 is 15.9 Å². The molecule has 0 unspecified atom stereocenters. The van der Waals surface area contributed by atoms with Crippen molar-refractivity contribution >= 4 is 32.5 Å². The van der Waals surface area contributed by atoms with Gasteiger partial charge in [0.1, 0.15) is 11.3 Å². The highest BCUT2D eigenvalue weighted by molar-refractivity contribution is 9.10. The minimum absolute atomic E-state index is 0.686. The molecule has 0 fully saturated rings. The maximum Gasteiger partial charge on any atom is 0.153 e. The number of nitrogen functional groups attached to an aromatic ring is 1. The molecule has 1 aromatic heterocycles. The minimum Gasteiger partial charge on any atom is -0.455 e. The van der Waals surface area contributed by atoms with Crippen LogP contribution in [0.3, 0.4) is 0 Å². The lowest BCUT2D eigenvalue weighted by Crippen LogP contribution is -1.93. The van der Waals surface area contributed by atoms with Crippen LogP contribution in [0.4, 0.5) is 5.69 Å². The summed E-state index contributed by atoms with van der Waals surface area (Å²) in [6, 6.07) is 11.7. The first-order valence-corrected chi connectivity index (χ1v) is 7.43. The third-order valence-corrected chi connectivity index (χ3v) is 3.95. The number of benzene rings is 2. The van der Waals surface area contributed by atoms with Crippen LogP contribution in [0.15, 0.2) is 47.1 Å². The van der Waals surface area contributed by atoms with Gasteiger partial charge in [0, 0.05) is 21.7 Å². The van der Waals surface area contributed by atoms with E-state index < -0.39 is 0 Å². The highest BCUT2D eigenvalue weighted by Crippen LogP contribution is 2.33. The van der Waals surface area contributed by atoms with Crippen LogP contribution in [0.5, 0.6) is 11.5 Å². The van der Waals surface area contributed by atoms with E-state index in [-0.39, 0.29) is 0 Å². The molecule has 1 heterocycles. The predicted octanol–water partition coefficient (Wildman–Crippen LogP) is 4.99. The van der Waals surface area contributed by atoms with Gasteiger partial charge in [-0.25, -0.2) is 0 Å². The summed E-state index contributed by atoms with van der Waals surface area (Å²) in [6.45, 7) is 4.15. The smallest absolute Gasteiger partial charge is 0.153 e. The SMILES string of the molecule is Cc1ccc(Oc2ccc(N)c3cc(Br)cnc23)cc1C. The van der Waals surface area contributed by atoms with E-state index >= 15 is 0 Å². The van der Waals surface area contributed by atoms with Gasteiger partial charge in [-0.05, 0) is 71.2 Å². The normalized spacial score (nSPS) is 10.8. The molecular formula is C17H15BrN2O. The molecule has 2 N–H and O–H groups in total. The van der Waals surface area contributed by atoms with E-state index in [4.69, 9.17) is 10.5 Å². The zero-order chi connectivity index (χ0) is 15.0. The number of rotatable bonds is 2. The molecule has 3 aromatic rings. The fourth-order valence-corrected chi connectivity index (χ4v) is 2.51. The van der Waals surface area contributed by atoms with Crippen molar-refractivity contribution < 1.29 is 4.74 Å². The zero-order valence-electron chi connectivity index (χ0n) is 11.9. The van der Waals surface area contributed by atoms with Crippen molar-refractivity contribution in [1.82, 2.24) is 4.98 Å². The van der Waals surface area contributed by atoms with Gasteiger partial charge in [0.15, 0.2) is 5.75 Å². The lowest BCUT2D eigenvalue weighted by Gasteiger charge is -2.11. The van der Waals surface area contributed by atoms with Gasteiger partial charge >= 0.3 is 0 Å². The molecule has 106 valence electrons. The van der Waals surface area contributed by atoms with E-state index in [1.165, 1.54) is 11.1 Å². The Labute approximate surface area is 131 Å². The van der Waals surface area contributed by atoms with Crippen LogP contribution in [0.2, 0.25) is 0 Å². The number of hydrogen-bond donors (Lipinski definition) is 1. The summed E-state index contributed by atoms with van der Waals surface area (Å²) >= 11 is 3.42. The van der Waals surface area contributed by atoms with E-state index in [0.29, 0.717) is 11.4 Å². The second kappa shape index (κ2) is 5.37. The molecule has 0 aliphatic carbocycles. The van der Waals surface area contributed by atoms with Crippen molar-refractivity contribution in [1.29, 1.82) is 0 Å². The van der Waals surface area contributed by atoms with Crippen molar-refractivity contribution in [3.63, 3.8) is 0 Å². The van der Waals surface area contributed by atoms with E-state index in [1.807, 2.05) is 36.4 Å². The minimum atomic E-state index is 0.686. The van der Waals surface area contributed by atoms with Crippen LogP contribution < -0.4 is 10.5 Å². The first-order chi connectivity index (χ1) is 10.0. The molecule has 2 aromatic carbocycles. The van der Waals surface area contributed by atoms with Gasteiger partial charge in [-0.2, -0.15) is 0 Å². The van der Waals surface area contributed by atoms with Gasteiger partial charge in [-0.1, -0.05) is 6.07 Å². The molecule has 0 bridgehead atoms. The highest BCUT2D eigenvalue weighted by atomic mass is 79.9. The largest absolute Gasteiger partial charge is 0.455 e. The Bertz CT molecular complexity index is 830. The van der Waals surface area contributed by atoms with Gasteiger partial charge in [0.2, 0.25) is 0 Å². The molecule has 4 heteroatoms. The Morgan fingerprint density at radius 2 is 1.86 bits per heavy atom. The summed E-state index contributed by atoms with van der Waals surface area (Å²) in [7, 11) is 0. The quantitative estimate of drug-likeness (QED) is 0.667. The van der Waals surface area contributed by atoms with E-state index in [0.717, 1.165) is 21.1 Å². The lowest BCUT2D eigenvalue weighted by molar-refractivity contribution is 0.486. The van der Waals surface area contributed by atoms with Gasteiger partial charge in [-0.15, -0.1) is 0 Å². The van der Waals surface area contributed by atoms with Crippen molar-refractivity contribution in [3.05, 3.63) is 58.2 Å².